The van der Waals surface area contributed by atoms with Crippen LogP contribution in [0.15, 0.2) is 0 Å². The van der Waals surface area contributed by atoms with Gasteiger partial charge in [0.25, 0.3) is 0 Å². The van der Waals surface area contributed by atoms with E-state index in [-0.39, 0.29) is 5.92 Å². The third-order valence-corrected chi connectivity index (χ3v) is 6.22. The van der Waals surface area contributed by atoms with Gasteiger partial charge in [-0.25, -0.2) is 0 Å². The maximum Gasteiger partial charge on any atom is 0.135 e. The summed E-state index contributed by atoms with van der Waals surface area (Å²) in [5.41, 5.74) is 0.511. The second-order valence-electron chi connectivity index (χ2n) is 4.75. The van der Waals surface area contributed by atoms with Crippen LogP contribution in [-0.2, 0) is 0 Å². The van der Waals surface area contributed by atoms with E-state index in [0.29, 0.717) is 5.54 Å². The van der Waals surface area contributed by atoms with Gasteiger partial charge in [0.1, 0.15) is 5.92 Å². The second-order valence-corrected chi connectivity index (χ2v) is 10.4. The van der Waals surface area contributed by atoms with Crippen LogP contribution in [0.3, 0.4) is 0 Å². The molecule has 0 aliphatic heterocycles. The Kier molecular flexibility index (Phi) is 4.16. The van der Waals surface area contributed by atoms with Crippen LogP contribution < -0.4 is 0 Å². The van der Waals surface area contributed by atoms with Gasteiger partial charge in [-0.05, 0) is 11.5 Å². The second kappa shape index (κ2) is 4.44. The molecule has 3 heteroatoms. The smallest absolute Gasteiger partial charge is 0.135 e. The Balaban J connectivity index is 4.54. The third kappa shape index (κ3) is 3.20. The summed E-state index contributed by atoms with van der Waals surface area (Å²) in [6.07, 6.45) is 0. The number of hydrogen-bond donors (Lipinski definition) is 0. The predicted octanol–water partition coefficient (Wildman–Crippen LogP) is 3.01. The number of hydrogen-bond acceptors (Lipinski definition) is 2. The molecule has 0 radical (unpaired) electrons. The molecular formula is C10H18N2Si. The van der Waals surface area contributed by atoms with E-state index < -0.39 is 14.0 Å². The van der Waals surface area contributed by atoms with E-state index in [1.807, 2.05) is 6.92 Å². The molecule has 2 atom stereocenters. The molecule has 2 nitrogen and oxygen atoms in total. The summed E-state index contributed by atoms with van der Waals surface area (Å²) in [7, 11) is -1.22. The number of nitrogens with zero attached hydrogens (tertiary/aromatic N) is 2. The van der Waals surface area contributed by atoms with Gasteiger partial charge in [0.15, 0.2) is 0 Å². The summed E-state index contributed by atoms with van der Waals surface area (Å²) >= 11 is 0. The molecule has 0 amide bonds. The van der Waals surface area contributed by atoms with Crippen molar-refractivity contribution in [2.45, 2.75) is 39.0 Å². The van der Waals surface area contributed by atoms with Crippen LogP contribution in [0.1, 0.15) is 13.8 Å². The molecule has 72 valence electrons. The predicted molar refractivity (Wildman–Crippen MR) is 56.7 cm³/mol. The summed E-state index contributed by atoms with van der Waals surface area (Å²) < 4.78 is 0. The van der Waals surface area contributed by atoms with Gasteiger partial charge in [0, 0.05) is 8.07 Å². The fourth-order valence-electron chi connectivity index (χ4n) is 1.34. The summed E-state index contributed by atoms with van der Waals surface area (Å²) in [6.45, 7) is 11.0. The largest absolute Gasteiger partial charge is 0.197 e. The zero-order valence-electron chi connectivity index (χ0n) is 9.13. The van der Waals surface area contributed by atoms with E-state index in [2.05, 4.69) is 38.7 Å². The van der Waals surface area contributed by atoms with Crippen molar-refractivity contribution in [3.63, 3.8) is 0 Å². The van der Waals surface area contributed by atoms with Crippen molar-refractivity contribution in [3.05, 3.63) is 0 Å². The van der Waals surface area contributed by atoms with E-state index in [1.165, 1.54) is 0 Å². The Hall–Kier alpha value is -0.803. The van der Waals surface area contributed by atoms with Crippen molar-refractivity contribution in [1.29, 1.82) is 10.5 Å². The molecule has 0 heterocycles. The topological polar surface area (TPSA) is 47.6 Å². The zero-order chi connectivity index (χ0) is 10.6. The minimum atomic E-state index is -1.22. The standard InChI is InChI=1S/C10H18N2Si/c1-8(10(6-11)7-12)9(2)13(3,4)5/h8-10H,1-5H3. The maximum absolute atomic E-state index is 8.75. The van der Waals surface area contributed by atoms with Crippen LogP contribution in [-0.4, -0.2) is 8.07 Å². The SMILES string of the molecule is CC(C(C#N)C#N)C(C)[Si](C)(C)C. The van der Waals surface area contributed by atoms with E-state index in [9.17, 15) is 0 Å². The van der Waals surface area contributed by atoms with Crippen molar-refractivity contribution < 1.29 is 0 Å². The molecule has 0 bridgehead atoms. The fraction of sp³-hybridized carbons (Fsp3) is 0.800. The van der Waals surface area contributed by atoms with Gasteiger partial charge in [-0.15, -0.1) is 0 Å². The zero-order valence-corrected chi connectivity index (χ0v) is 10.1. The van der Waals surface area contributed by atoms with Crippen LogP contribution in [0.5, 0.6) is 0 Å². The lowest BCUT2D eigenvalue weighted by atomic mass is 9.94. The first-order chi connectivity index (χ1) is 5.84. The molecule has 0 N–H and O–H groups in total. The molecule has 0 aliphatic carbocycles. The van der Waals surface area contributed by atoms with Gasteiger partial charge in [0.2, 0.25) is 0 Å². The highest BCUT2D eigenvalue weighted by Crippen LogP contribution is 2.33. The van der Waals surface area contributed by atoms with Gasteiger partial charge in [-0.3, -0.25) is 0 Å². The van der Waals surface area contributed by atoms with Crippen molar-refractivity contribution in [3.8, 4) is 12.1 Å². The molecule has 0 aromatic carbocycles. The maximum atomic E-state index is 8.75. The first kappa shape index (κ1) is 12.2. The van der Waals surface area contributed by atoms with E-state index >= 15 is 0 Å². The molecule has 0 aliphatic rings. The van der Waals surface area contributed by atoms with Crippen molar-refractivity contribution in [2.24, 2.45) is 11.8 Å². The van der Waals surface area contributed by atoms with Gasteiger partial charge in [-0.2, -0.15) is 10.5 Å². The molecule has 0 aromatic rings. The highest BCUT2D eigenvalue weighted by atomic mass is 28.3. The highest BCUT2D eigenvalue weighted by molar-refractivity contribution is 6.77. The molecule has 0 saturated heterocycles. The third-order valence-electron chi connectivity index (χ3n) is 2.96. The van der Waals surface area contributed by atoms with Crippen molar-refractivity contribution in [1.82, 2.24) is 0 Å². The quantitative estimate of drug-likeness (QED) is 0.648. The van der Waals surface area contributed by atoms with E-state index in [4.69, 9.17) is 10.5 Å². The van der Waals surface area contributed by atoms with Gasteiger partial charge in [0.05, 0.1) is 12.1 Å². The fourth-order valence-corrected chi connectivity index (χ4v) is 3.11. The highest BCUT2D eigenvalue weighted by Gasteiger charge is 2.31. The van der Waals surface area contributed by atoms with Crippen molar-refractivity contribution >= 4 is 8.07 Å². The Bertz CT molecular complexity index is 227. The lowest BCUT2D eigenvalue weighted by Gasteiger charge is -2.31. The Morgan fingerprint density at radius 2 is 1.38 bits per heavy atom. The molecule has 13 heavy (non-hydrogen) atoms. The monoisotopic (exact) mass is 194 g/mol. The summed E-state index contributed by atoms with van der Waals surface area (Å²) in [6, 6.07) is 4.13. The molecule has 0 rings (SSSR count). The van der Waals surface area contributed by atoms with Crippen LogP contribution in [0.25, 0.3) is 0 Å². The van der Waals surface area contributed by atoms with Crippen LogP contribution in [0, 0.1) is 34.5 Å². The summed E-state index contributed by atoms with van der Waals surface area (Å²) in [5.74, 6) is -0.247. The normalized spacial score (nSPS) is 16.0. The molecule has 0 spiro atoms. The number of rotatable bonds is 3. The van der Waals surface area contributed by atoms with Crippen molar-refractivity contribution in [2.75, 3.05) is 0 Å². The molecule has 0 aromatic heterocycles. The van der Waals surface area contributed by atoms with Crippen LogP contribution in [0.2, 0.25) is 25.2 Å². The average Bonchev–Trinajstić information content (AvgIpc) is 2.03. The lowest BCUT2D eigenvalue weighted by Crippen LogP contribution is -2.32. The minimum Gasteiger partial charge on any atom is -0.197 e. The average molecular weight is 194 g/mol. The summed E-state index contributed by atoms with van der Waals surface area (Å²) in [4.78, 5) is 0. The Morgan fingerprint density at radius 3 is 1.62 bits per heavy atom. The first-order valence-electron chi connectivity index (χ1n) is 4.63. The Morgan fingerprint density at radius 1 is 1.00 bits per heavy atom. The van der Waals surface area contributed by atoms with Crippen LogP contribution >= 0.6 is 0 Å². The number of nitriles is 2. The summed E-state index contributed by atoms with van der Waals surface area (Å²) in [5, 5.41) is 17.5. The van der Waals surface area contributed by atoms with Crippen LogP contribution in [0.4, 0.5) is 0 Å². The van der Waals surface area contributed by atoms with Gasteiger partial charge >= 0.3 is 0 Å². The molecule has 0 saturated carbocycles. The van der Waals surface area contributed by atoms with E-state index in [1.54, 1.807) is 0 Å². The minimum absolute atomic E-state index is 0.196. The van der Waals surface area contributed by atoms with Gasteiger partial charge < -0.3 is 0 Å². The lowest BCUT2D eigenvalue weighted by molar-refractivity contribution is 0.487. The first-order valence-corrected chi connectivity index (χ1v) is 8.21. The Labute approximate surface area is 82.2 Å². The molecular weight excluding hydrogens is 176 g/mol. The van der Waals surface area contributed by atoms with Gasteiger partial charge in [-0.1, -0.05) is 33.5 Å². The molecule has 0 fully saturated rings. The van der Waals surface area contributed by atoms with E-state index in [0.717, 1.165) is 0 Å². The molecule has 2 unspecified atom stereocenters.